The number of aryl methyl sites for hydroxylation is 1. The van der Waals surface area contributed by atoms with E-state index in [-0.39, 0.29) is 18.2 Å². The van der Waals surface area contributed by atoms with Crippen LogP contribution in [0.25, 0.3) is 0 Å². The summed E-state index contributed by atoms with van der Waals surface area (Å²) >= 11 is 1.42. The first-order valence-corrected chi connectivity index (χ1v) is 7.52. The predicted molar refractivity (Wildman–Crippen MR) is 74.5 cm³/mol. The minimum absolute atomic E-state index is 0.00512. The lowest BCUT2D eigenvalue weighted by atomic mass is 10.1. The number of rotatable bonds is 5. The first-order chi connectivity index (χ1) is 9.19. The first kappa shape index (κ1) is 14.2. The van der Waals surface area contributed by atoms with Crippen molar-refractivity contribution in [3.8, 4) is 0 Å². The van der Waals surface area contributed by atoms with E-state index in [4.69, 9.17) is 4.74 Å². The van der Waals surface area contributed by atoms with Gasteiger partial charge in [-0.1, -0.05) is 18.3 Å². The number of carbonyl (C=O) groups is 1. The number of amides is 2. The van der Waals surface area contributed by atoms with E-state index in [1.54, 1.807) is 0 Å². The van der Waals surface area contributed by atoms with Crippen LogP contribution >= 0.6 is 11.3 Å². The molecule has 7 heteroatoms. The Labute approximate surface area is 116 Å². The van der Waals surface area contributed by atoms with Crippen LogP contribution in [0.5, 0.6) is 0 Å². The van der Waals surface area contributed by atoms with E-state index in [1.165, 1.54) is 11.3 Å². The summed E-state index contributed by atoms with van der Waals surface area (Å²) in [4.78, 5) is 11.8. The summed E-state index contributed by atoms with van der Waals surface area (Å²) in [5, 5.41) is 15.0. The standard InChI is InChI=1S/C12H20N4O2S/c1-3-5-10-15-16-12(19-10)14-11(17)13-8(2)9-6-4-7-18-9/h8-9H,3-7H2,1-2H3,(H2,13,14,16,17)/t8-,9+/m1/s1. The summed E-state index contributed by atoms with van der Waals surface area (Å²) in [5.41, 5.74) is 0. The molecule has 0 radical (unpaired) electrons. The van der Waals surface area contributed by atoms with Crippen LogP contribution < -0.4 is 10.6 Å². The number of aromatic nitrogens is 2. The zero-order chi connectivity index (χ0) is 13.7. The monoisotopic (exact) mass is 284 g/mol. The fourth-order valence-electron chi connectivity index (χ4n) is 2.05. The molecule has 1 saturated heterocycles. The highest BCUT2D eigenvalue weighted by Crippen LogP contribution is 2.17. The van der Waals surface area contributed by atoms with Crippen LogP contribution in [0.4, 0.5) is 9.93 Å². The molecule has 0 saturated carbocycles. The number of nitrogens with one attached hydrogen (secondary N) is 2. The van der Waals surface area contributed by atoms with Crippen molar-refractivity contribution >= 4 is 22.5 Å². The molecule has 1 aromatic heterocycles. The molecular weight excluding hydrogens is 264 g/mol. The molecular formula is C12H20N4O2S. The number of carbonyl (C=O) groups excluding carboxylic acids is 1. The average molecular weight is 284 g/mol. The van der Waals surface area contributed by atoms with Crippen molar-refractivity contribution in [2.24, 2.45) is 0 Å². The molecule has 2 atom stereocenters. The normalized spacial score (nSPS) is 20.2. The minimum atomic E-state index is -0.248. The number of hydrogen-bond donors (Lipinski definition) is 2. The fraction of sp³-hybridized carbons (Fsp3) is 0.750. The molecule has 1 aromatic rings. The quantitative estimate of drug-likeness (QED) is 0.869. The van der Waals surface area contributed by atoms with Gasteiger partial charge in [0.15, 0.2) is 0 Å². The van der Waals surface area contributed by atoms with Gasteiger partial charge in [0.1, 0.15) is 5.01 Å². The van der Waals surface area contributed by atoms with Gasteiger partial charge in [-0.2, -0.15) is 0 Å². The molecule has 0 spiro atoms. The maximum Gasteiger partial charge on any atom is 0.321 e. The fourth-order valence-corrected chi connectivity index (χ4v) is 2.89. The van der Waals surface area contributed by atoms with Crippen LogP contribution in [0.3, 0.4) is 0 Å². The van der Waals surface area contributed by atoms with Crippen LogP contribution in [-0.2, 0) is 11.2 Å². The second-order valence-corrected chi connectivity index (χ2v) is 5.75. The first-order valence-electron chi connectivity index (χ1n) is 6.70. The summed E-state index contributed by atoms with van der Waals surface area (Å²) in [6, 6.07) is -0.243. The number of ether oxygens (including phenoxy) is 1. The van der Waals surface area contributed by atoms with Crippen LogP contribution in [0, 0.1) is 0 Å². The van der Waals surface area contributed by atoms with Gasteiger partial charge in [-0.15, -0.1) is 10.2 Å². The Morgan fingerprint density at radius 1 is 1.58 bits per heavy atom. The number of anilines is 1. The molecule has 1 aliphatic rings. The molecule has 0 aromatic carbocycles. The smallest absolute Gasteiger partial charge is 0.321 e. The lowest BCUT2D eigenvalue weighted by Gasteiger charge is -2.19. The van der Waals surface area contributed by atoms with Crippen molar-refractivity contribution in [1.82, 2.24) is 15.5 Å². The van der Waals surface area contributed by atoms with Crippen molar-refractivity contribution < 1.29 is 9.53 Å². The Hall–Kier alpha value is -1.21. The summed E-state index contributed by atoms with van der Waals surface area (Å²) in [5.74, 6) is 0. The molecule has 1 fully saturated rings. The van der Waals surface area contributed by atoms with Gasteiger partial charge in [0.05, 0.1) is 12.1 Å². The third-order valence-electron chi connectivity index (χ3n) is 3.03. The molecule has 2 N–H and O–H groups in total. The molecule has 6 nitrogen and oxygen atoms in total. The van der Waals surface area contributed by atoms with Gasteiger partial charge >= 0.3 is 6.03 Å². The second-order valence-electron chi connectivity index (χ2n) is 4.69. The van der Waals surface area contributed by atoms with Crippen molar-refractivity contribution in [3.63, 3.8) is 0 Å². The maximum atomic E-state index is 11.8. The highest BCUT2D eigenvalue weighted by atomic mass is 32.1. The number of nitrogens with zero attached hydrogens (tertiary/aromatic N) is 2. The van der Waals surface area contributed by atoms with Crippen molar-refractivity contribution in [2.45, 2.75) is 51.7 Å². The Kier molecular flexibility index (Phi) is 5.09. The van der Waals surface area contributed by atoms with E-state index in [1.807, 2.05) is 6.92 Å². The zero-order valence-electron chi connectivity index (χ0n) is 11.3. The molecule has 2 heterocycles. The van der Waals surface area contributed by atoms with Gasteiger partial charge in [0.2, 0.25) is 5.13 Å². The van der Waals surface area contributed by atoms with Crippen molar-refractivity contribution in [3.05, 3.63) is 5.01 Å². The molecule has 1 aliphatic heterocycles. The molecule has 106 valence electrons. The van der Waals surface area contributed by atoms with Crippen molar-refractivity contribution in [1.29, 1.82) is 0 Å². The Bertz CT molecular complexity index is 418. The van der Waals surface area contributed by atoms with Gasteiger partial charge < -0.3 is 10.1 Å². The van der Waals surface area contributed by atoms with Gasteiger partial charge in [0, 0.05) is 13.0 Å². The average Bonchev–Trinajstić information content (AvgIpc) is 3.00. The largest absolute Gasteiger partial charge is 0.376 e. The maximum absolute atomic E-state index is 11.8. The van der Waals surface area contributed by atoms with Crippen LogP contribution in [0.2, 0.25) is 0 Å². The molecule has 0 aliphatic carbocycles. The van der Waals surface area contributed by atoms with Gasteiger partial charge in [-0.3, -0.25) is 5.32 Å². The lowest BCUT2D eigenvalue weighted by molar-refractivity contribution is 0.0868. The van der Waals surface area contributed by atoms with Gasteiger partial charge in [0.25, 0.3) is 0 Å². The Morgan fingerprint density at radius 3 is 3.11 bits per heavy atom. The van der Waals surface area contributed by atoms with Crippen molar-refractivity contribution in [2.75, 3.05) is 11.9 Å². The highest BCUT2D eigenvalue weighted by molar-refractivity contribution is 7.15. The van der Waals surface area contributed by atoms with E-state index in [0.717, 1.165) is 37.3 Å². The van der Waals surface area contributed by atoms with E-state index in [0.29, 0.717) is 5.13 Å². The van der Waals surface area contributed by atoms with Crippen LogP contribution in [0.1, 0.15) is 38.1 Å². The summed E-state index contributed by atoms with van der Waals surface area (Å²) in [7, 11) is 0. The van der Waals surface area contributed by atoms with Gasteiger partial charge in [-0.25, -0.2) is 4.79 Å². The van der Waals surface area contributed by atoms with E-state index < -0.39 is 0 Å². The second kappa shape index (κ2) is 6.81. The lowest BCUT2D eigenvalue weighted by Crippen LogP contribution is -2.42. The van der Waals surface area contributed by atoms with Crippen LogP contribution in [0.15, 0.2) is 0 Å². The minimum Gasteiger partial charge on any atom is -0.376 e. The SMILES string of the molecule is CCCc1nnc(NC(=O)N[C@H](C)[C@@H]2CCCO2)s1. The molecule has 0 unspecified atom stereocenters. The van der Waals surface area contributed by atoms with E-state index in [9.17, 15) is 4.79 Å². The summed E-state index contributed by atoms with van der Waals surface area (Å²) in [6.07, 6.45) is 4.11. The molecule has 2 amide bonds. The predicted octanol–water partition coefficient (Wildman–Crippen LogP) is 2.18. The van der Waals surface area contributed by atoms with E-state index in [2.05, 4.69) is 27.8 Å². The zero-order valence-corrected chi connectivity index (χ0v) is 12.1. The summed E-state index contributed by atoms with van der Waals surface area (Å²) in [6.45, 7) is 4.83. The third-order valence-corrected chi connectivity index (χ3v) is 3.93. The molecule has 0 bridgehead atoms. The number of urea groups is 1. The Morgan fingerprint density at radius 2 is 2.42 bits per heavy atom. The highest BCUT2D eigenvalue weighted by Gasteiger charge is 2.23. The van der Waals surface area contributed by atoms with Gasteiger partial charge in [-0.05, 0) is 26.2 Å². The topological polar surface area (TPSA) is 76.1 Å². The molecule has 2 rings (SSSR count). The van der Waals surface area contributed by atoms with E-state index >= 15 is 0 Å². The van der Waals surface area contributed by atoms with Crippen LogP contribution in [-0.4, -0.2) is 35.0 Å². The molecule has 19 heavy (non-hydrogen) atoms. The Balaban J connectivity index is 1.79. The number of hydrogen-bond acceptors (Lipinski definition) is 5. The summed E-state index contributed by atoms with van der Waals surface area (Å²) < 4.78 is 5.53. The third kappa shape index (κ3) is 4.14.